The van der Waals surface area contributed by atoms with Crippen LogP contribution in [0, 0.1) is 5.82 Å². The molecule has 23 heavy (non-hydrogen) atoms. The molecule has 2 rings (SSSR count). The summed E-state index contributed by atoms with van der Waals surface area (Å²) >= 11 is 2.77. The molecule has 0 saturated heterocycles. The first-order valence-corrected chi connectivity index (χ1v) is 8.54. The van der Waals surface area contributed by atoms with E-state index in [4.69, 9.17) is 4.74 Å². The van der Waals surface area contributed by atoms with Crippen LogP contribution >= 0.6 is 23.1 Å². The smallest absolute Gasteiger partial charge is 0.269 e. The molecule has 0 bridgehead atoms. The van der Waals surface area contributed by atoms with Crippen LogP contribution in [0.4, 0.5) is 9.52 Å². The van der Waals surface area contributed by atoms with E-state index >= 15 is 0 Å². The highest BCUT2D eigenvalue weighted by molar-refractivity contribution is 8.01. The zero-order chi connectivity index (χ0) is 16.9. The molecule has 0 aliphatic carbocycles. The lowest BCUT2D eigenvalue weighted by atomic mass is 10.1. The van der Waals surface area contributed by atoms with Crippen molar-refractivity contribution in [1.29, 1.82) is 0 Å². The fourth-order valence-corrected chi connectivity index (χ4v) is 3.05. The molecule has 1 aromatic carbocycles. The fraction of sp³-hybridized carbons (Fsp3) is 0.267. The zero-order valence-electron chi connectivity index (χ0n) is 12.7. The lowest BCUT2D eigenvalue weighted by Gasteiger charge is -2.24. The Labute approximate surface area is 142 Å². The van der Waals surface area contributed by atoms with Crippen molar-refractivity contribution in [1.82, 2.24) is 10.2 Å². The minimum absolute atomic E-state index is 0.363. The van der Waals surface area contributed by atoms with Crippen LogP contribution in [-0.4, -0.2) is 27.5 Å². The molecule has 2 aromatic rings. The van der Waals surface area contributed by atoms with Crippen molar-refractivity contribution in [3.05, 3.63) is 42.7 Å². The first-order chi connectivity index (χ1) is 10.9. The van der Waals surface area contributed by atoms with E-state index in [2.05, 4.69) is 22.1 Å². The van der Waals surface area contributed by atoms with Gasteiger partial charge >= 0.3 is 0 Å². The van der Waals surface area contributed by atoms with Crippen LogP contribution in [0.3, 0.4) is 0 Å². The molecular weight excluding hydrogens is 337 g/mol. The quantitative estimate of drug-likeness (QED) is 0.466. The van der Waals surface area contributed by atoms with E-state index in [1.54, 1.807) is 19.9 Å². The van der Waals surface area contributed by atoms with Crippen molar-refractivity contribution in [2.75, 3.05) is 11.1 Å². The van der Waals surface area contributed by atoms with Crippen LogP contribution in [-0.2, 0) is 4.79 Å². The van der Waals surface area contributed by atoms with Crippen molar-refractivity contribution in [2.24, 2.45) is 0 Å². The van der Waals surface area contributed by atoms with Gasteiger partial charge in [-0.15, -0.1) is 16.8 Å². The average Bonchev–Trinajstić information content (AvgIpc) is 2.95. The van der Waals surface area contributed by atoms with Crippen molar-refractivity contribution < 1.29 is 13.9 Å². The van der Waals surface area contributed by atoms with Gasteiger partial charge in [-0.2, -0.15) is 0 Å². The molecule has 5 nitrogen and oxygen atoms in total. The van der Waals surface area contributed by atoms with Gasteiger partial charge in [0.1, 0.15) is 11.6 Å². The number of anilines is 1. The summed E-state index contributed by atoms with van der Waals surface area (Å²) in [6, 6.07) is 5.49. The van der Waals surface area contributed by atoms with E-state index in [1.807, 2.05) is 0 Å². The minimum Gasteiger partial charge on any atom is -0.478 e. The van der Waals surface area contributed by atoms with Gasteiger partial charge in [0.05, 0.1) is 0 Å². The Balaban J connectivity index is 1.98. The molecule has 1 heterocycles. The number of benzene rings is 1. The average molecular weight is 353 g/mol. The molecule has 0 aliphatic heterocycles. The Morgan fingerprint density at radius 2 is 2.13 bits per heavy atom. The topological polar surface area (TPSA) is 64.1 Å². The Morgan fingerprint density at radius 1 is 1.43 bits per heavy atom. The predicted octanol–water partition coefficient (Wildman–Crippen LogP) is 3.75. The zero-order valence-corrected chi connectivity index (χ0v) is 14.3. The number of thioether (sulfide) groups is 1. The van der Waals surface area contributed by atoms with Crippen LogP contribution in [0.5, 0.6) is 5.75 Å². The molecule has 0 aliphatic rings. The third kappa shape index (κ3) is 5.04. The molecule has 0 atom stereocenters. The third-order valence-corrected chi connectivity index (χ3v) is 4.65. The Hall–Kier alpha value is -1.93. The van der Waals surface area contributed by atoms with E-state index in [9.17, 15) is 9.18 Å². The monoisotopic (exact) mass is 353 g/mol. The van der Waals surface area contributed by atoms with Crippen LogP contribution in [0.15, 0.2) is 41.3 Å². The highest BCUT2D eigenvalue weighted by Gasteiger charge is 2.31. The summed E-state index contributed by atoms with van der Waals surface area (Å²) in [6.45, 7) is 6.88. The fourth-order valence-electron chi connectivity index (χ4n) is 1.54. The largest absolute Gasteiger partial charge is 0.478 e. The van der Waals surface area contributed by atoms with Gasteiger partial charge in [0.2, 0.25) is 5.13 Å². The van der Waals surface area contributed by atoms with Gasteiger partial charge in [-0.1, -0.05) is 29.2 Å². The molecule has 0 spiro atoms. The number of amides is 1. The van der Waals surface area contributed by atoms with E-state index < -0.39 is 5.60 Å². The first kappa shape index (κ1) is 17.4. The molecule has 0 radical (unpaired) electrons. The second-order valence-electron chi connectivity index (χ2n) is 4.99. The van der Waals surface area contributed by atoms with Crippen molar-refractivity contribution in [3.8, 4) is 5.75 Å². The van der Waals surface area contributed by atoms with Gasteiger partial charge in [-0.05, 0) is 38.1 Å². The Kier molecular flexibility index (Phi) is 5.73. The maximum Gasteiger partial charge on any atom is 0.269 e. The van der Waals surface area contributed by atoms with Crippen molar-refractivity contribution >= 4 is 34.1 Å². The van der Waals surface area contributed by atoms with E-state index in [0.717, 1.165) is 10.1 Å². The van der Waals surface area contributed by atoms with Crippen molar-refractivity contribution in [3.63, 3.8) is 0 Å². The maximum atomic E-state index is 12.9. The number of nitrogens with zero attached hydrogens (tertiary/aromatic N) is 2. The summed E-state index contributed by atoms with van der Waals surface area (Å²) in [5.74, 6) is 0.407. The number of hydrogen-bond acceptors (Lipinski definition) is 6. The highest BCUT2D eigenvalue weighted by Crippen LogP contribution is 2.26. The minimum atomic E-state index is -1.14. The molecule has 1 aromatic heterocycles. The van der Waals surface area contributed by atoms with Gasteiger partial charge < -0.3 is 4.74 Å². The van der Waals surface area contributed by atoms with Crippen LogP contribution in [0.2, 0.25) is 0 Å². The first-order valence-electron chi connectivity index (χ1n) is 6.74. The van der Waals surface area contributed by atoms with Crippen LogP contribution < -0.4 is 10.1 Å². The molecule has 0 saturated carbocycles. The maximum absolute atomic E-state index is 12.9. The predicted molar refractivity (Wildman–Crippen MR) is 90.6 cm³/mol. The summed E-state index contributed by atoms with van der Waals surface area (Å²) in [7, 11) is 0. The molecule has 122 valence electrons. The molecule has 0 unspecified atom stereocenters. The lowest BCUT2D eigenvalue weighted by molar-refractivity contribution is -0.128. The van der Waals surface area contributed by atoms with Gasteiger partial charge in [-0.25, -0.2) is 4.39 Å². The summed E-state index contributed by atoms with van der Waals surface area (Å²) in [6.07, 6.45) is 1.77. The Morgan fingerprint density at radius 3 is 2.78 bits per heavy atom. The SMILES string of the molecule is C=CCSc1nnc(NC(=O)C(C)(C)Oc2ccc(F)cc2)s1. The summed E-state index contributed by atoms with van der Waals surface area (Å²) in [4.78, 5) is 12.3. The molecule has 1 N–H and O–H groups in total. The second kappa shape index (κ2) is 7.56. The third-order valence-electron chi connectivity index (χ3n) is 2.69. The number of carbonyl (C=O) groups excluding carboxylic acids is 1. The normalized spacial score (nSPS) is 11.1. The van der Waals surface area contributed by atoms with E-state index in [-0.39, 0.29) is 11.7 Å². The lowest BCUT2D eigenvalue weighted by Crippen LogP contribution is -2.42. The Bertz CT molecular complexity index is 686. The van der Waals surface area contributed by atoms with E-state index in [0.29, 0.717) is 10.9 Å². The number of aromatic nitrogens is 2. The summed E-state index contributed by atoms with van der Waals surface area (Å²) in [5.41, 5.74) is -1.14. The van der Waals surface area contributed by atoms with Gasteiger partial charge in [-0.3, -0.25) is 10.1 Å². The molecule has 8 heteroatoms. The van der Waals surface area contributed by atoms with Crippen molar-refractivity contribution in [2.45, 2.75) is 23.8 Å². The van der Waals surface area contributed by atoms with E-state index in [1.165, 1.54) is 47.4 Å². The molecule has 0 fully saturated rings. The van der Waals surface area contributed by atoms with Gasteiger partial charge in [0.15, 0.2) is 9.94 Å². The highest BCUT2D eigenvalue weighted by atomic mass is 32.2. The second-order valence-corrected chi connectivity index (χ2v) is 7.24. The van der Waals surface area contributed by atoms with Gasteiger partial charge in [0.25, 0.3) is 5.91 Å². The standard InChI is InChI=1S/C15H16FN3O2S2/c1-4-9-22-14-19-18-13(23-14)17-12(20)15(2,3)21-11-7-5-10(16)6-8-11/h4-8H,1,9H2,2-3H3,(H,17,18,20). The molecular formula is C15H16FN3O2S2. The summed E-state index contributed by atoms with van der Waals surface area (Å²) in [5, 5.41) is 11.0. The number of halogens is 1. The number of carbonyl (C=O) groups is 1. The van der Waals surface area contributed by atoms with Crippen LogP contribution in [0.1, 0.15) is 13.8 Å². The van der Waals surface area contributed by atoms with Gasteiger partial charge in [0, 0.05) is 5.75 Å². The number of ether oxygens (including phenoxy) is 1. The number of nitrogens with one attached hydrogen (secondary N) is 1. The summed E-state index contributed by atoms with van der Waals surface area (Å²) < 4.78 is 19.3. The number of hydrogen-bond donors (Lipinski definition) is 1. The number of rotatable bonds is 7. The van der Waals surface area contributed by atoms with Crippen LogP contribution in [0.25, 0.3) is 0 Å². The molecule has 1 amide bonds.